The number of ketones is 1. The lowest BCUT2D eigenvalue weighted by Gasteiger charge is -2.25. The van der Waals surface area contributed by atoms with E-state index in [0.29, 0.717) is 5.75 Å². The molecular formula is C20H17NO5S. The van der Waals surface area contributed by atoms with Crippen molar-refractivity contribution in [3.63, 3.8) is 0 Å². The molecule has 1 atom stereocenters. The monoisotopic (exact) mass is 383 g/mol. The number of benzene rings is 2. The molecule has 2 aromatic rings. The third kappa shape index (κ3) is 3.38. The molecule has 0 radical (unpaired) electrons. The van der Waals surface area contributed by atoms with Gasteiger partial charge in [0.15, 0.2) is 5.78 Å². The maximum Gasteiger partial charge on any atom is 0.336 e. The van der Waals surface area contributed by atoms with Crippen molar-refractivity contribution in [1.82, 2.24) is 4.90 Å². The van der Waals surface area contributed by atoms with Gasteiger partial charge in [0.05, 0.1) is 16.7 Å². The van der Waals surface area contributed by atoms with Crippen LogP contribution >= 0.6 is 11.8 Å². The maximum absolute atomic E-state index is 13.2. The predicted molar refractivity (Wildman–Crippen MR) is 101 cm³/mol. The lowest BCUT2D eigenvalue weighted by Crippen LogP contribution is -2.45. The summed E-state index contributed by atoms with van der Waals surface area (Å²) in [4.78, 5) is 51.2. The standard InChI is InChI=1S/C20H17NO5S/c1-27-11-10-16(17(22)12-6-2-5-9-15(12)20(25)26)21-18(23)13-7-3-4-8-14(13)19(21)24/h2-9,16H,10-11H2,1H3,(H,25,26). The number of thioether (sulfide) groups is 1. The average Bonchev–Trinajstić information content (AvgIpc) is 2.93. The quantitative estimate of drug-likeness (QED) is 0.584. The van der Waals surface area contributed by atoms with E-state index in [2.05, 4.69) is 0 Å². The highest BCUT2D eigenvalue weighted by Gasteiger charge is 2.43. The molecular weight excluding hydrogens is 366 g/mol. The summed E-state index contributed by atoms with van der Waals surface area (Å²) >= 11 is 1.48. The molecule has 27 heavy (non-hydrogen) atoms. The van der Waals surface area contributed by atoms with Gasteiger partial charge in [-0.05, 0) is 36.6 Å². The Morgan fingerprint density at radius 1 is 0.963 bits per heavy atom. The molecule has 6 nitrogen and oxygen atoms in total. The van der Waals surface area contributed by atoms with E-state index in [1.165, 1.54) is 30.0 Å². The number of carbonyl (C=O) groups is 4. The van der Waals surface area contributed by atoms with Gasteiger partial charge in [-0.1, -0.05) is 30.3 Å². The summed E-state index contributed by atoms with van der Waals surface area (Å²) < 4.78 is 0. The van der Waals surface area contributed by atoms with Crippen molar-refractivity contribution in [3.8, 4) is 0 Å². The third-order valence-corrected chi connectivity index (χ3v) is 5.10. The van der Waals surface area contributed by atoms with Gasteiger partial charge in [-0.2, -0.15) is 11.8 Å². The van der Waals surface area contributed by atoms with Crippen LogP contribution in [0.2, 0.25) is 0 Å². The zero-order valence-electron chi connectivity index (χ0n) is 14.5. The summed E-state index contributed by atoms with van der Waals surface area (Å²) in [6.07, 6.45) is 2.11. The molecule has 138 valence electrons. The predicted octanol–water partition coefficient (Wildman–Crippen LogP) is 2.99. The van der Waals surface area contributed by atoms with Gasteiger partial charge >= 0.3 is 5.97 Å². The number of carboxylic acids is 1. The molecule has 3 rings (SSSR count). The van der Waals surface area contributed by atoms with Gasteiger partial charge in [0.2, 0.25) is 0 Å². The summed E-state index contributed by atoms with van der Waals surface area (Å²) in [5, 5.41) is 9.38. The number of imide groups is 1. The first-order valence-electron chi connectivity index (χ1n) is 8.29. The first-order chi connectivity index (χ1) is 13.0. The van der Waals surface area contributed by atoms with E-state index in [0.717, 1.165) is 4.90 Å². The number of hydrogen-bond donors (Lipinski definition) is 1. The van der Waals surface area contributed by atoms with Crippen LogP contribution in [0.4, 0.5) is 0 Å². The zero-order chi connectivity index (χ0) is 19.6. The zero-order valence-corrected chi connectivity index (χ0v) is 15.4. The van der Waals surface area contributed by atoms with Crippen LogP contribution in [-0.2, 0) is 0 Å². The van der Waals surface area contributed by atoms with Crippen LogP contribution in [0.3, 0.4) is 0 Å². The van der Waals surface area contributed by atoms with Crippen molar-refractivity contribution in [1.29, 1.82) is 0 Å². The Hall–Kier alpha value is -2.93. The van der Waals surface area contributed by atoms with Crippen LogP contribution in [0.15, 0.2) is 48.5 Å². The SMILES string of the molecule is CSCCC(C(=O)c1ccccc1C(=O)O)N1C(=O)c2ccccc2C1=O. The van der Waals surface area contributed by atoms with Gasteiger partial charge in [0.25, 0.3) is 11.8 Å². The Kier molecular flexibility index (Phi) is 5.41. The van der Waals surface area contributed by atoms with Gasteiger partial charge in [0, 0.05) is 5.56 Å². The lowest BCUT2D eigenvalue weighted by atomic mass is 9.96. The van der Waals surface area contributed by atoms with Crippen molar-refractivity contribution in [2.75, 3.05) is 12.0 Å². The van der Waals surface area contributed by atoms with Crippen molar-refractivity contribution in [2.45, 2.75) is 12.5 Å². The third-order valence-electron chi connectivity index (χ3n) is 4.46. The van der Waals surface area contributed by atoms with E-state index >= 15 is 0 Å². The Bertz CT molecular complexity index is 904. The Balaban J connectivity index is 2.03. The molecule has 0 aromatic heterocycles. The number of nitrogens with zero attached hydrogens (tertiary/aromatic N) is 1. The van der Waals surface area contributed by atoms with Gasteiger partial charge in [-0.25, -0.2) is 4.79 Å². The smallest absolute Gasteiger partial charge is 0.336 e. The van der Waals surface area contributed by atoms with E-state index in [4.69, 9.17) is 0 Å². The molecule has 1 heterocycles. The van der Waals surface area contributed by atoms with Crippen molar-refractivity contribution >= 4 is 35.3 Å². The molecule has 7 heteroatoms. The number of aromatic carboxylic acids is 1. The molecule has 0 fully saturated rings. The highest BCUT2D eigenvalue weighted by atomic mass is 32.2. The minimum atomic E-state index is -1.23. The van der Waals surface area contributed by atoms with E-state index in [-0.39, 0.29) is 28.7 Å². The van der Waals surface area contributed by atoms with Crippen molar-refractivity contribution in [3.05, 3.63) is 70.8 Å². The molecule has 1 unspecified atom stereocenters. The fourth-order valence-corrected chi connectivity index (χ4v) is 3.62. The molecule has 0 bridgehead atoms. The van der Waals surface area contributed by atoms with Crippen LogP contribution in [0, 0.1) is 0 Å². The summed E-state index contributed by atoms with van der Waals surface area (Å²) in [7, 11) is 0. The molecule has 2 amide bonds. The average molecular weight is 383 g/mol. The second-order valence-electron chi connectivity index (χ2n) is 6.04. The fourth-order valence-electron chi connectivity index (χ4n) is 3.16. The Morgan fingerprint density at radius 3 is 2.00 bits per heavy atom. The number of carbonyl (C=O) groups excluding carboxylic acids is 3. The van der Waals surface area contributed by atoms with Crippen LogP contribution in [0.25, 0.3) is 0 Å². The molecule has 1 aliphatic rings. The molecule has 0 spiro atoms. The van der Waals surface area contributed by atoms with Gasteiger partial charge in [0.1, 0.15) is 6.04 Å². The van der Waals surface area contributed by atoms with E-state index in [9.17, 15) is 24.3 Å². The minimum absolute atomic E-state index is 0.00680. The molecule has 0 saturated heterocycles. The summed E-state index contributed by atoms with van der Waals surface area (Å²) in [6, 6.07) is 11.2. The van der Waals surface area contributed by atoms with E-state index in [1.54, 1.807) is 30.3 Å². The highest BCUT2D eigenvalue weighted by Crippen LogP contribution is 2.28. The number of rotatable bonds is 7. The molecule has 0 aliphatic carbocycles. The minimum Gasteiger partial charge on any atom is -0.478 e. The number of amides is 2. The number of hydrogen-bond acceptors (Lipinski definition) is 5. The van der Waals surface area contributed by atoms with Crippen LogP contribution < -0.4 is 0 Å². The van der Waals surface area contributed by atoms with Crippen molar-refractivity contribution < 1.29 is 24.3 Å². The second-order valence-corrected chi connectivity index (χ2v) is 7.02. The summed E-state index contributed by atoms with van der Waals surface area (Å²) in [6.45, 7) is 0. The first kappa shape index (κ1) is 18.8. The Labute approximate surface area is 160 Å². The molecule has 1 N–H and O–H groups in total. The normalized spacial score (nSPS) is 14.2. The molecule has 2 aromatic carbocycles. The number of Topliss-reactive ketones (excluding diaryl/α,β-unsaturated/α-hetero) is 1. The van der Waals surface area contributed by atoms with Gasteiger partial charge in [-0.3, -0.25) is 19.3 Å². The van der Waals surface area contributed by atoms with Gasteiger partial charge < -0.3 is 5.11 Å². The van der Waals surface area contributed by atoms with E-state index < -0.39 is 29.6 Å². The fraction of sp³-hybridized carbons (Fsp3) is 0.200. The number of carboxylic acid groups (broad SMARTS) is 1. The molecule has 1 aliphatic heterocycles. The lowest BCUT2D eigenvalue weighted by molar-refractivity contribution is 0.0537. The maximum atomic E-state index is 13.2. The van der Waals surface area contributed by atoms with Crippen molar-refractivity contribution in [2.24, 2.45) is 0 Å². The summed E-state index contributed by atoms with van der Waals surface area (Å²) in [5.41, 5.74) is 0.368. The van der Waals surface area contributed by atoms with Gasteiger partial charge in [-0.15, -0.1) is 0 Å². The largest absolute Gasteiger partial charge is 0.478 e. The Morgan fingerprint density at radius 2 is 1.48 bits per heavy atom. The highest BCUT2D eigenvalue weighted by molar-refractivity contribution is 7.98. The second kappa shape index (κ2) is 7.75. The van der Waals surface area contributed by atoms with Crippen LogP contribution in [0.5, 0.6) is 0 Å². The molecule has 0 saturated carbocycles. The van der Waals surface area contributed by atoms with E-state index in [1.807, 2.05) is 6.26 Å². The first-order valence-corrected chi connectivity index (χ1v) is 9.69. The topological polar surface area (TPSA) is 91.8 Å². The van der Waals surface area contributed by atoms with Crippen LogP contribution in [-0.4, -0.2) is 51.6 Å². The number of fused-ring (bicyclic) bond motifs is 1. The van der Waals surface area contributed by atoms with Crippen LogP contribution in [0.1, 0.15) is 47.9 Å². The summed E-state index contributed by atoms with van der Waals surface area (Å²) in [5.74, 6) is -2.29.